The molecule has 0 aliphatic heterocycles. The highest BCUT2D eigenvalue weighted by Crippen LogP contribution is 2.35. The Bertz CT molecular complexity index is 2320. The zero-order valence-corrected chi connectivity index (χ0v) is 23.6. The summed E-state index contributed by atoms with van der Waals surface area (Å²) in [6, 6.07) is 47.9. The highest BCUT2D eigenvalue weighted by molar-refractivity contribution is 6.11. The van der Waals surface area contributed by atoms with Crippen LogP contribution in [0.2, 0.25) is 0 Å². The van der Waals surface area contributed by atoms with Gasteiger partial charge < -0.3 is 9.13 Å². The number of nitrogens with zero attached hydrogens (tertiary/aromatic N) is 4. The van der Waals surface area contributed by atoms with Crippen LogP contribution >= 0.6 is 0 Å². The fourth-order valence-corrected chi connectivity index (χ4v) is 6.29. The first-order valence-corrected chi connectivity index (χ1v) is 14.4. The van der Waals surface area contributed by atoms with Gasteiger partial charge in [-0.15, -0.1) is 0 Å². The molecule has 8 aromatic rings. The fraction of sp³-hybridized carbons (Fsp3) is 0. The molecule has 0 bridgehead atoms. The fourth-order valence-electron chi connectivity index (χ4n) is 6.29. The van der Waals surface area contributed by atoms with Crippen molar-refractivity contribution in [1.29, 1.82) is 5.26 Å². The summed E-state index contributed by atoms with van der Waals surface area (Å²) in [5.74, 6) is 0. The van der Waals surface area contributed by atoms with Crippen LogP contribution in [0.4, 0.5) is 5.69 Å². The quantitative estimate of drug-likeness (QED) is 0.156. The van der Waals surface area contributed by atoms with Gasteiger partial charge in [0.1, 0.15) is 0 Å². The van der Waals surface area contributed by atoms with Gasteiger partial charge >= 0.3 is 0 Å². The van der Waals surface area contributed by atoms with E-state index in [1.54, 1.807) is 0 Å². The van der Waals surface area contributed by atoms with Crippen molar-refractivity contribution in [3.05, 3.63) is 162 Å². The topological polar surface area (TPSA) is 38.0 Å². The first kappa shape index (κ1) is 25.4. The number of para-hydroxylation sites is 2. The second kappa shape index (κ2) is 10.2. The monoisotopic (exact) mass is 560 g/mol. The molecule has 8 rings (SSSR count). The summed E-state index contributed by atoms with van der Waals surface area (Å²) in [6.45, 7) is 7.44. The SMILES string of the molecule is [C-]#[N+]c1ccc2c(c1)c1ccccc1n2-c1ccc(/C=C/c2ccc(-n3c4ccccc4c4cc(C#N)ccc43)cc2)cc1. The molecular formula is C40H24N4. The molecule has 0 N–H and O–H groups in total. The molecule has 0 saturated carbocycles. The Hall–Kier alpha value is -6.36. The van der Waals surface area contributed by atoms with E-state index in [-0.39, 0.29) is 0 Å². The van der Waals surface area contributed by atoms with Crippen molar-refractivity contribution in [3.8, 4) is 17.4 Å². The molecule has 0 unspecified atom stereocenters. The average Bonchev–Trinajstić information content (AvgIpc) is 3.60. The van der Waals surface area contributed by atoms with Crippen LogP contribution in [0.15, 0.2) is 133 Å². The normalized spacial score (nSPS) is 11.5. The van der Waals surface area contributed by atoms with E-state index in [9.17, 15) is 5.26 Å². The van der Waals surface area contributed by atoms with Crippen LogP contribution < -0.4 is 0 Å². The molecule has 0 fully saturated rings. The van der Waals surface area contributed by atoms with Crippen molar-refractivity contribution >= 4 is 61.5 Å². The summed E-state index contributed by atoms with van der Waals surface area (Å²) in [4.78, 5) is 3.64. The van der Waals surface area contributed by atoms with Crippen LogP contribution in [0.1, 0.15) is 16.7 Å². The molecule has 0 spiro atoms. The molecule has 0 atom stereocenters. The van der Waals surface area contributed by atoms with E-state index in [0.29, 0.717) is 11.3 Å². The van der Waals surface area contributed by atoms with Crippen LogP contribution in [-0.2, 0) is 0 Å². The minimum absolute atomic E-state index is 0.651. The van der Waals surface area contributed by atoms with E-state index in [1.807, 2.05) is 48.5 Å². The maximum atomic E-state index is 9.43. The number of fused-ring (bicyclic) bond motifs is 6. The van der Waals surface area contributed by atoms with E-state index in [2.05, 4.69) is 117 Å². The van der Waals surface area contributed by atoms with E-state index >= 15 is 0 Å². The van der Waals surface area contributed by atoms with Crippen molar-refractivity contribution in [2.45, 2.75) is 0 Å². The first-order valence-electron chi connectivity index (χ1n) is 14.4. The molecule has 0 radical (unpaired) electrons. The van der Waals surface area contributed by atoms with Gasteiger partial charge in [0, 0.05) is 27.5 Å². The molecular weight excluding hydrogens is 536 g/mol. The highest BCUT2D eigenvalue weighted by atomic mass is 15.0. The molecule has 4 nitrogen and oxygen atoms in total. The molecule has 2 heterocycles. The standard InChI is InChI=1S/C40H24N4/c1-42-30-17-23-40-36(25-30)34-7-3-5-9-38(34)44(40)32-20-14-28(15-21-32)11-10-27-12-18-31(19-13-27)43-37-8-4-2-6-33(37)35-24-29(26-41)16-22-39(35)43/h2-25H/b11-10+. The molecule has 0 saturated heterocycles. The predicted molar refractivity (Wildman–Crippen MR) is 181 cm³/mol. The molecule has 6 aromatic carbocycles. The lowest BCUT2D eigenvalue weighted by atomic mass is 10.1. The second-order valence-corrected chi connectivity index (χ2v) is 10.9. The van der Waals surface area contributed by atoms with Gasteiger partial charge in [-0.3, -0.25) is 0 Å². The zero-order valence-electron chi connectivity index (χ0n) is 23.6. The van der Waals surface area contributed by atoms with E-state index in [1.165, 1.54) is 0 Å². The van der Waals surface area contributed by atoms with Gasteiger partial charge in [-0.1, -0.05) is 78.9 Å². The van der Waals surface area contributed by atoms with Crippen LogP contribution in [0.25, 0.3) is 72.0 Å². The van der Waals surface area contributed by atoms with Crippen LogP contribution in [0, 0.1) is 17.9 Å². The lowest BCUT2D eigenvalue weighted by Gasteiger charge is -2.09. The predicted octanol–water partition coefficient (Wildman–Crippen LogP) is 10.5. The second-order valence-electron chi connectivity index (χ2n) is 10.9. The first-order chi connectivity index (χ1) is 21.7. The Morgan fingerprint density at radius 1 is 0.523 bits per heavy atom. The van der Waals surface area contributed by atoms with Gasteiger partial charge in [0.15, 0.2) is 5.69 Å². The molecule has 0 amide bonds. The Morgan fingerprint density at radius 3 is 1.52 bits per heavy atom. The maximum absolute atomic E-state index is 9.43. The molecule has 0 aliphatic carbocycles. The number of aromatic nitrogens is 2. The van der Waals surface area contributed by atoms with Gasteiger partial charge in [0.2, 0.25) is 0 Å². The minimum Gasteiger partial charge on any atom is -0.309 e. The summed E-state index contributed by atoms with van der Waals surface area (Å²) >= 11 is 0. The third-order valence-corrected chi connectivity index (χ3v) is 8.36. The summed E-state index contributed by atoms with van der Waals surface area (Å²) in [6.07, 6.45) is 4.27. The lowest BCUT2D eigenvalue weighted by Crippen LogP contribution is -1.93. The van der Waals surface area contributed by atoms with Gasteiger partial charge in [-0.05, 0) is 83.2 Å². The van der Waals surface area contributed by atoms with Gasteiger partial charge in [-0.25, -0.2) is 4.85 Å². The average molecular weight is 561 g/mol. The third kappa shape index (κ3) is 4.06. The van der Waals surface area contributed by atoms with E-state index in [0.717, 1.165) is 66.1 Å². The van der Waals surface area contributed by atoms with Crippen LogP contribution in [0.5, 0.6) is 0 Å². The molecule has 4 heteroatoms. The summed E-state index contributed by atoms with van der Waals surface area (Å²) in [7, 11) is 0. The number of nitriles is 1. The summed E-state index contributed by atoms with van der Waals surface area (Å²) in [5.41, 5.74) is 10.1. The Labute approximate surface area is 254 Å². The van der Waals surface area contributed by atoms with Crippen molar-refractivity contribution in [3.63, 3.8) is 0 Å². The highest BCUT2D eigenvalue weighted by Gasteiger charge is 2.14. The zero-order chi connectivity index (χ0) is 29.6. The number of hydrogen-bond donors (Lipinski definition) is 0. The third-order valence-electron chi connectivity index (χ3n) is 8.36. The van der Waals surface area contributed by atoms with Crippen LogP contribution in [0.3, 0.4) is 0 Å². The van der Waals surface area contributed by atoms with Crippen molar-refractivity contribution < 1.29 is 0 Å². The maximum Gasteiger partial charge on any atom is 0.188 e. The van der Waals surface area contributed by atoms with Crippen molar-refractivity contribution in [1.82, 2.24) is 9.13 Å². The summed E-state index contributed by atoms with van der Waals surface area (Å²) < 4.78 is 4.52. The van der Waals surface area contributed by atoms with Crippen molar-refractivity contribution in [2.24, 2.45) is 0 Å². The Balaban J connectivity index is 1.10. The minimum atomic E-state index is 0.651. The molecule has 0 aliphatic rings. The lowest BCUT2D eigenvalue weighted by molar-refractivity contribution is 1.18. The largest absolute Gasteiger partial charge is 0.309 e. The number of benzene rings is 6. The van der Waals surface area contributed by atoms with Gasteiger partial charge in [-0.2, -0.15) is 5.26 Å². The molecule has 2 aromatic heterocycles. The smallest absolute Gasteiger partial charge is 0.188 e. The van der Waals surface area contributed by atoms with Gasteiger partial charge in [0.05, 0.1) is 40.3 Å². The summed E-state index contributed by atoms with van der Waals surface area (Å²) in [5, 5.41) is 13.9. The molecule has 44 heavy (non-hydrogen) atoms. The van der Waals surface area contributed by atoms with Crippen LogP contribution in [-0.4, -0.2) is 9.13 Å². The van der Waals surface area contributed by atoms with Gasteiger partial charge in [0.25, 0.3) is 0 Å². The number of rotatable bonds is 4. The van der Waals surface area contributed by atoms with E-state index < -0.39 is 0 Å². The Kier molecular flexibility index (Phi) is 5.86. The van der Waals surface area contributed by atoms with E-state index in [4.69, 9.17) is 6.57 Å². The molecule has 204 valence electrons. The number of hydrogen-bond acceptors (Lipinski definition) is 1. The Morgan fingerprint density at radius 2 is 1.00 bits per heavy atom. The van der Waals surface area contributed by atoms with Crippen molar-refractivity contribution in [2.75, 3.05) is 0 Å².